The van der Waals surface area contributed by atoms with Crippen molar-refractivity contribution in [1.29, 1.82) is 0 Å². The highest BCUT2D eigenvalue weighted by molar-refractivity contribution is 7.92. The Balaban J connectivity index is 1.77. The number of carbonyl (C=O) groups is 1. The van der Waals surface area contributed by atoms with Crippen molar-refractivity contribution in [3.05, 3.63) is 94.0 Å². The maximum atomic E-state index is 12.9. The molecule has 0 aliphatic rings. The van der Waals surface area contributed by atoms with Crippen molar-refractivity contribution in [1.82, 2.24) is 5.32 Å². The molecule has 186 valence electrons. The predicted octanol–water partition coefficient (Wildman–Crippen LogP) is 5.47. The molecule has 0 aromatic heterocycles. The molecule has 0 aliphatic carbocycles. The molecule has 0 spiro atoms. The molecule has 1 amide bonds. The van der Waals surface area contributed by atoms with Gasteiger partial charge in [-0.2, -0.15) is 0 Å². The third-order valence-corrected chi connectivity index (χ3v) is 7.24. The highest BCUT2D eigenvalue weighted by Crippen LogP contribution is 2.27. The number of rotatable bonds is 9. The first-order chi connectivity index (χ1) is 16.5. The summed E-state index contributed by atoms with van der Waals surface area (Å²) in [5.74, 6) is 0.640. The molecule has 1 N–H and O–H groups in total. The standard InChI is InChI=1S/C28H34N2O4S/c1-7-25(24-14-15-27(34-5)21(4)17-24)29-28(31)23-12-10-22(11-13-23)18-30(35(6,32)33)26-16-19(2)8-9-20(26)3/h8-17,25H,7,18H2,1-6H3,(H,29,31)/t25-/m0/s1. The van der Waals surface area contributed by atoms with E-state index < -0.39 is 10.0 Å². The van der Waals surface area contributed by atoms with Crippen molar-refractivity contribution in [3.8, 4) is 5.75 Å². The quantitative estimate of drug-likeness (QED) is 0.428. The van der Waals surface area contributed by atoms with E-state index in [1.54, 1.807) is 31.4 Å². The van der Waals surface area contributed by atoms with Gasteiger partial charge in [-0.05, 0) is 79.3 Å². The van der Waals surface area contributed by atoms with E-state index in [0.717, 1.165) is 40.0 Å². The van der Waals surface area contributed by atoms with Gasteiger partial charge in [-0.15, -0.1) is 0 Å². The molecule has 0 fully saturated rings. The van der Waals surface area contributed by atoms with Gasteiger partial charge >= 0.3 is 0 Å². The van der Waals surface area contributed by atoms with Crippen LogP contribution in [0, 0.1) is 20.8 Å². The molecular weight excluding hydrogens is 460 g/mol. The van der Waals surface area contributed by atoms with Crippen LogP contribution in [0.25, 0.3) is 0 Å². The summed E-state index contributed by atoms with van der Waals surface area (Å²) in [7, 11) is -1.85. The van der Waals surface area contributed by atoms with Gasteiger partial charge in [0, 0.05) is 5.56 Å². The van der Waals surface area contributed by atoms with Gasteiger partial charge < -0.3 is 10.1 Å². The van der Waals surface area contributed by atoms with Crippen molar-refractivity contribution in [2.75, 3.05) is 17.7 Å². The zero-order valence-electron chi connectivity index (χ0n) is 21.3. The lowest BCUT2D eigenvalue weighted by Crippen LogP contribution is -2.30. The first-order valence-electron chi connectivity index (χ1n) is 11.6. The van der Waals surface area contributed by atoms with Crippen LogP contribution in [-0.4, -0.2) is 27.7 Å². The van der Waals surface area contributed by atoms with E-state index in [4.69, 9.17) is 4.74 Å². The number of hydrogen-bond donors (Lipinski definition) is 1. The van der Waals surface area contributed by atoms with Gasteiger partial charge in [0.25, 0.3) is 5.91 Å². The SMILES string of the molecule is CC[C@H](NC(=O)c1ccc(CN(c2cc(C)ccc2C)S(C)(=O)=O)cc1)c1ccc(OC)c(C)c1. The second-order valence-electron chi connectivity index (χ2n) is 8.92. The third kappa shape index (κ3) is 6.42. The van der Waals surface area contributed by atoms with Crippen LogP contribution in [0.5, 0.6) is 5.75 Å². The number of ether oxygens (including phenoxy) is 1. The Hall–Kier alpha value is -3.32. The largest absolute Gasteiger partial charge is 0.496 e. The molecule has 35 heavy (non-hydrogen) atoms. The number of carbonyl (C=O) groups excluding carboxylic acids is 1. The lowest BCUT2D eigenvalue weighted by molar-refractivity contribution is 0.0935. The number of methoxy groups -OCH3 is 1. The average molecular weight is 495 g/mol. The topological polar surface area (TPSA) is 75.7 Å². The minimum Gasteiger partial charge on any atom is -0.496 e. The number of aryl methyl sites for hydroxylation is 3. The van der Waals surface area contributed by atoms with Crippen molar-refractivity contribution in [3.63, 3.8) is 0 Å². The molecule has 0 saturated heterocycles. The van der Waals surface area contributed by atoms with Crippen LogP contribution in [0.1, 0.15) is 57.6 Å². The fourth-order valence-electron chi connectivity index (χ4n) is 4.08. The van der Waals surface area contributed by atoms with Crippen LogP contribution in [0.3, 0.4) is 0 Å². The minimum absolute atomic E-state index is 0.128. The number of sulfonamides is 1. The lowest BCUT2D eigenvalue weighted by Gasteiger charge is -2.25. The number of hydrogen-bond acceptors (Lipinski definition) is 4. The summed E-state index contributed by atoms with van der Waals surface area (Å²) in [6, 6.07) is 18.6. The molecule has 6 nitrogen and oxygen atoms in total. The number of nitrogens with one attached hydrogen (secondary N) is 1. The van der Waals surface area contributed by atoms with Gasteiger partial charge in [0.2, 0.25) is 10.0 Å². The molecule has 3 aromatic rings. The van der Waals surface area contributed by atoms with Crippen molar-refractivity contribution >= 4 is 21.6 Å². The third-order valence-electron chi connectivity index (χ3n) is 6.11. The van der Waals surface area contributed by atoms with Gasteiger partial charge in [-0.1, -0.05) is 43.3 Å². The number of amides is 1. The van der Waals surface area contributed by atoms with Crippen LogP contribution in [0.4, 0.5) is 5.69 Å². The number of benzene rings is 3. The molecule has 3 aromatic carbocycles. The van der Waals surface area contributed by atoms with Crippen LogP contribution in [-0.2, 0) is 16.6 Å². The van der Waals surface area contributed by atoms with E-state index in [1.807, 2.05) is 64.1 Å². The van der Waals surface area contributed by atoms with Crippen LogP contribution in [0.15, 0.2) is 60.7 Å². The van der Waals surface area contributed by atoms with Crippen molar-refractivity contribution in [2.24, 2.45) is 0 Å². The van der Waals surface area contributed by atoms with Gasteiger partial charge in [0.05, 0.1) is 31.6 Å². The molecule has 0 aliphatic heterocycles. The van der Waals surface area contributed by atoms with E-state index in [2.05, 4.69) is 5.32 Å². The summed E-state index contributed by atoms with van der Waals surface area (Å²) in [5, 5.41) is 3.10. The first kappa shape index (κ1) is 26.3. The van der Waals surface area contributed by atoms with Gasteiger partial charge in [-0.25, -0.2) is 8.42 Å². The maximum absolute atomic E-state index is 12.9. The Bertz CT molecular complexity index is 1300. The van der Waals surface area contributed by atoms with Crippen molar-refractivity contribution in [2.45, 2.75) is 46.7 Å². The van der Waals surface area contributed by atoms with Gasteiger partial charge in [0.1, 0.15) is 5.75 Å². The fourth-order valence-corrected chi connectivity index (χ4v) is 5.02. The van der Waals surface area contributed by atoms with Gasteiger partial charge in [0.15, 0.2) is 0 Å². The van der Waals surface area contributed by atoms with E-state index in [-0.39, 0.29) is 18.5 Å². The molecule has 0 bridgehead atoms. The summed E-state index contributed by atoms with van der Waals surface area (Å²) >= 11 is 0. The van der Waals surface area contributed by atoms with Gasteiger partial charge in [-0.3, -0.25) is 9.10 Å². The lowest BCUT2D eigenvalue weighted by atomic mass is 10.0. The van der Waals surface area contributed by atoms with E-state index in [9.17, 15) is 13.2 Å². The summed E-state index contributed by atoms with van der Waals surface area (Å²) in [5.41, 5.74) is 5.89. The highest BCUT2D eigenvalue weighted by Gasteiger charge is 2.20. The zero-order chi connectivity index (χ0) is 25.8. The fraction of sp³-hybridized carbons (Fsp3) is 0.321. The monoisotopic (exact) mass is 494 g/mol. The molecule has 1 atom stereocenters. The second kappa shape index (κ2) is 11.0. The van der Waals surface area contributed by atoms with Crippen LogP contribution in [0.2, 0.25) is 0 Å². The van der Waals surface area contributed by atoms with E-state index in [0.29, 0.717) is 11.3 Å². The van der Waals surface area contributed by atoms with E-state index >= 15 is 0 Å². The molecule has 0 unspecified atom stereocenters. The Kier molecular flexibility index (Phi) is 8.22. The summed E-state index contributed by atoms with van der Waals surface area (Å²) in [6.07, 6.45) is 1.96. The molecule has 3 rings (SSSR count). The predicted molar refractivity (Wildman–Crippen MR) is 142 cm³/mol. The first-order valence-corrected chi connectivity index (χ1v) is 13.5. The molecular formula is C28H34N2O4S. The maximum Gasteiger partial charge on any atom is 0.251 e. The summed E-state index contributed by atoms with van der Waals surface area (Å²) < 4.78 is 31.9. The smallest absolute Gasteiger partial charge is 0.251 e. The number of anilines is 1. The zero-order valence-corrected chi connectivity index (χ0v) is 22.1. The van der Waals surface area contributed by atoms with E-state index in [1.165, 1.54) is 10.6 Å². The summed E-state index contributed by atoms with van der Waals surface area (Å²) in [4.78, 5) is 12.9. The summed E-state index contributed by atoms with van der Waals surface area (Å²) in [6.45, 7) is 8.03. The Morgan fingerprint density at radius 1 is 0.971 bits per heavy atom. The average Bonchev–Trinajstić information content (AvgIpc) is 2.82. The minimum atomic E-state index is -3.50. The highest BCUT2D eigenvalue weighted by atomic mass is 32.2. The molecule has 0 heterocycles. The Labute approximate surface area is 209 Å². The normalized spacial score (nSPS) is 12.2. The van der Waals surface area contributed by atoms with Crippen molar-refractivity contribution < 1.29 is 17.9 Å². The Morgan fingerprint density at radius 2 is 1.66 bits per heavy atom. The van der Waals surface area contributed by atoms with Crippen LogP contribution >= 0.6 is 0 Å². The van der Waals surface area contributed by atoms with Crippen LogP contribution < -0.4 is 14.4 Å². The second-order valence-corrected chi connectivity index (χ2v) is 10.8. The molecule has 0 radical (unpaired) electrons. The molecule has 0 saturated carbocycles. The molecule has 7 heteroatoms. The Morgan fingerprint density at radius 3 is 2.23 bits per heavy atom. The number of nitrogens with zero attached hydrogens (tertiary/aromatic N) is 1.